The molecule has 28 heavy (non-hydrogen) atoms. The molecule has 0 unspecified atom stereocenters. The summed E-state index contributed by atoms with van der Waals surface area (Å²) < 4.78 is 27.5. The zero-order chi connectivity index (χ0) is 20.0. The van der Waals surface area contributed by atoms with Crippen molar-refractivity contribution >= 4 is 44.4 Å². The summed E-state index contributed by atoms with van der Waals surface area (Å²) in [6, 6.07) is 23.2. The summed E-state index contributed by atoms with van der Waals surface area (Å²) in [4.78, 5) is 0.177. The van der Waals surface area contributed by atoms with Crippen molar-refractivity contribution in [2.75, 3.05) is 15.4 Å². The molecule has 3 aromatic rings. The van der Waals surface area contributed by atoms with Gasteiger partial charge in [-0.1, -0.05) is 37.3 Å². The van der Waals surface area contributed by atoms with E-state index in [0.29, 0.717) is 16.5 Å². The van der Waals surface area contributed by atoms with Crippen LogP contribution in [0.5, 0.6) is 0 Å². The molecule has 0 saturated heterocycles. The molecule has 144 valence electrons. The van der Waals surface area contributed by atoms with Crippen molar-refractivity contribution in [3.63, 3.8) is 0 Å². The second-order valence-corrected chi connectivity index (χ2v) is 8.22. The van der Waals surface area contributed by atoms with Gasteiger partial charge in [-0.3, -0.25) is 4.72 Å². The fourth-order valence-electron chi connectivity index (χ4n) is 2.55. The normalized spacial score (nSPS) is 10.9. The van der Waals surface area contributed by atoms with Crippen molar-refractivity contribution < 1.29 is 8.42 Å². The van der Waals surface area contributed by atoms with Crippen molar-refractivity contribution in [2.45, 2.75) is 18.2 Å². The van der Waals surface area contributed by atoms with E-state index in [-0.39, 0.29) is 4.90 Å². The number of para-hydroxylation sites is 1. The Bertz CT molecular complexity index is 1030. The number of nitrogens with one attached hydrogen (secondary N) is 3. The van der Waals surface area contributed by atoms with Gasteiger partial charge >= 0.3 is 0 Å². The molecule has 0 aliphatic heterocycles. The quantitative estimate of drug-likeness (QED) is 0.506. The topological polar surface area (TPSA) is 70.2 Å². The van der Waals surface area contributed by atoms with Crippen molar-refractivity contribution in [3.05, 3.63) is 84.4 Å². The first-order valence-corrected chi connectivity index (χ1v) is 10.7. The van der Waals surface area contributed by atoms with Gasteiger partial charge in [0.25, 0.3) is 10.0 Å². The Balaban J connectivity index is 1.62. The minimum atomic E-state index is -3.64. The van der Waals surface area contributed by atoms with Gasteiger partial charge < -0.3 is 10.6 Å². The molecule has 0 aliphatic rings. The molecule has 7 heteroatoms. The molecule has 3 aromatic carbocycles. The molecule has 0 bridgehead atoms. The first-order valence-electron chi connectivity index (χ1n) is 8.81. The van der Waals surface area contributed by atoms with Gasteiger partial charge in [-0.2, -0.15) is 0 Å². The predicted octanol–water partition coefficient (Wildman–Crippen LogP) is 4.86. The summed E-state index contributed by atoms with van der Waals surface area (Å²) in [5, 5.41) is 6.59. The average molecular weight is 412 g/mol. The molecule has 0 spiro atoms. The first kappa shape index (κ1) is 19.9. The van der Waals surface area contributed by atoms with E-state index in [2.05, 4.69) is 22.3 Å². The van der Waals surface area contributed by atoms with Crippen LogP contribution >= 0.6 is 12.2 Å². The van der Waals surface area contributed by atoms with Crippen LogP contribution in [-0.2, 0) is 16.4 Å². The van der Waals surface area contributed by atoms with E-state index in [9.17, 15) is 8.42 Å². The molecule has 3 N–H and O–H groups in total. The summed E-state index contributed by atoms with van der Waals surface area (Å²) in [7, 11) is -3.64. The van der Waals surface area contributed by atoms with E-state index < -0.39 is 10.0 Å². The van der Waals surface area contributed by atoms with Crippen molar-refractivity contribution in [1.82, 2.24) is 0 Å². The SMILES string of the molecule is CCc1ccc(NC(=S)Nc2ccc(S(=O)(=O)Nc3ccccc3)cc2)cc1. The molecule has 0 amide bonds. The van der Waals surface area contributed by atoms with Crippen LogP contribution in [0, 0.1) is 0 Å². The maximum absolute atomic E-state index is 12.5. The van der Waals surface area contributed by atoms with Gasteiger partial charge in [0.1, 0.15) is 0 Å². The van der Waals surface area contributed by atoms with Gasteiger partial charge in [-0.15, -0.1) is 0 Å². The highest BCUT2D eigenvalue weighted by Gasteiger charge is 2.14. The number of sulfonamides is 1. The first-order chi connectivity index (χ1) is 13.5. The van der Waals surface area contributed by atoms with Crippen LogP contribution < -0.4 is 15.4 Å². The molecule has 0 heterocycles. The van der Waals surface area contributed by atoms with Crippen LogP contribution in [0.4, 0.5) is 17.1 Å². The number of hydrogen-bond donors (Lipinski definition) is 3. The van der Waals surface area contributed by atoms with E-state index in [1.54, 1.807) is 36.4 Å². The summed E-state index contributed by atoms with van der Waals surface area (Å²) in [6.45, 7) is 2.11. The van der Waals surface area contributed by atoms with Crippen LogP contribution in [0.15, 0.2) is 83.8 Å². The fourth-order valence-corrected chi connectivity index (χ4v) is 3.85. The smallest absolute Gasteiger partial charge is 0.261 e. The second-order valence-electron chi connectivity index (χ2n) is 6.13. The van der Waals surface area contributed by atoms with Crippen LogP contribution in [0.1, 0.15) is 12.5 Å². The Kier molecular flexibility index (Phi) is 6.28. The van der Waals surface area contributed by atoms with E-state index >= 15 is 0 Å². The predicted molar refractivity (Wildman–Crippen MR) is 119 cm³/mol. The van der Waals surface area contributed by atoms with Crippen molar-refractivity contribution in [3.8, 4) is 0 Å². The monoisotopic (exact) mass is 411 g/mol. The standard InChI is InChI=1S/C21H21N3O2S2/c1-2-16-8-10-17(11-9-16)22-21(27)23-18-12-14-20(15-13-18)28(25,26)24-19-6-4-3-5-7-19/h3-15,24H,2H2,1H3,(H2,22,23,27). The highest BCUT2D eigenvalue weighted by molar-refractivity contribution is 7.92. The van der Waals surface area contributed by atoms with Gasteiger partial charge in [0.05, 0.1) is 4.90 Å². The number of anilines is 3. The van der Waals surface area contributed by atoms with Crippen molar-refractivity contribution in [2.24, 2.45) is 0 Å². The van der Waals surface area contributed by atoms with Crippen LogP contribution in [-0.4, -0.2) is 13.5 Å². The molecule has 0 saturated carbocycles. The van der Waals surface area contributed by atoms with Gasteiger partial charge in [0.15, 0.2) is 5.11 Å². The maximum atomic E-state index is 12.5. The third-order valence-electron chi connectivity index (χ3n) is 4.07. The Labute approximate surface area is 170 Å². The average Bonchev–Trinajstić information content (AvgIpc) is 2.69. The van der Waals surface area contributed by atoms with E-state index in [1.165, 1.54) is 17.7 Å². The largest absolute Gasteiger partial charge is 0.332 e. The molecule has 0 aliphatic carbocycles. The number of thiocarbonyl (C=S) groups is 1. The van der Waals surface area contributed by atoms with Gasteiger partial charge in [0, 0.05) is 17.1 Å². The molecule has 3 rings (SSSR count). The summed E-state index contributed by atoms with van der Waals surface area (Å²) >= 11 is 5.32. The highest BCUT2D eigenvalue weighted by Crippen LogP contribution is 2.18. The van der Waals surface area contributed by atoms with Gasteiger partial charge in [0.2, 0.25) is 0 Å². The number of aryl methyl sites for hydroxylation is 1. The second kappa shape index (κ2) is 8.86. The van der Waals surface area contributed by atoms with Gasteiger partial charge in [-0.05, 0) is 72.7 Å². The Morgan fingerprint density at radius 2 is 1.32 bits per heavy atom. The molecular weight excluding hydrogens is 390 g/mol. The summed E-state index contributed by atoms with van der Waals surface area (Å²) in [5.41, 5.74) is 3.36. The van der Waals surface area contributed by atoms with E-state index in [4.69, 9.17) is 12.2 Å². The van der Waals surface area contributed by atoms with E-state index in [0.717, 1.165) is 12.1 Å². The number of benzene rings is 3. The molecule has 5 nitrogen and oxygen atoms in total. The zero-order valence-corrected chi connectivity index (χ0v) is 17.0. The Morgan fingerprint density at radius 3 is 1.86 bits per heavy atom. The zero-order valence-electron chi connectivity index (χ0n) is 15.3. The number of hydrogen-bond acceptors (Lipinski definition) is 3. The molecule has 0 aromatic heterocycles. The third-order valence-corrected chi connectivity index (χ3v) is 5.67. The molecular formula is C21H21N3O2S2. The lowest BCUT2D eigenvalue weighted by Gasteiger charge is -2.12. The maximum Gasteiger partial charge on any atom is 0.261 e. The fraction of sp³-hybridized carbons (Fsp3) is 0.0952. The van der Waals surface area contributed by atoms with E-state index in [1.807, 2.05) is 30.3 Å². The van der Waals surface area contributed by atoms with Gasteiger partial charge in [-0.25, -0.2) is 8.42 Å². The van der Waals surface area contributed by atoms with Crippen LogP contribution in [0.25, 0.3) is 0 Å². The summed E-state index contributed by atoms with van der Waals surface area (Å²) in [6.07, 6.45) is 0.983. The molecule has 0 atom stereocenters. The number of rotatable bonds is 6. The Hall–Kier alpha value is -2.90. The Morgan fingerprint density at radius 1 is 0.786 bits per heavy atom. The lowest BCUT2D eigenvalue weighted by atomic mass is 10.1. The summed E-state index contributed by atoms with van der Waals surface area (Å²) in [5.74, 6) is 0. The molecule has 0 radical (unpaired) electrons. The lowest BCUT2D eigenvalue weighted by molar-refractivity contribution is 0.601. The minimum absolute atomic E-state index is 0.177. The minimum Gasteiger partial charge on any atom is -0.332 e. The van der Waals surface area contributed by atoms with Crippen LogP contribution in [0.3, 0.4) is 0 Å². The van der Waals surface area contributed by atoms with Crippen molar-refractivity contribution in [1.29, 1.82) is 0 Å². The lowest BCUT2D eigenvalue weighted by Crippen LogP contribution is -2.19. The highest BCUT2D eigenvalue weighted by atomic mass is 32.2. The van der Waals surface area contributed by atoms with Crippen LogP contribution in [0.2, 0.25) is 0 Å². The molecule has 0 fully saturated rings. The third kappa shape index (κ3) is 5.31.